The molecule has 0 aromatic heterocycles. The second-order valence-electron chi connectivity index (χ2n) is 6.04. The maximum atomic E-state index is 13.1. The number of carbonyl (C=O) groups excluding carboxylic acids is 1. The zero-order valence-corrected chi connectivity index (χ0v) is 15.8. The Balaban J connectivity index is 1.80. The van der Waals surface area contributed by atoms with Gasteiger partial charge in [0.25, 0.3) is 5.69 Å². The van der Waals surface area contributed by atoms with E-state index in [1.165, 1.54) is 47.1 Å². The van der Waals surface area contributed by atoms with Gasteiger partial charge in [-0.2, -0.15) is 5.10 Å². The van der Waals surface area contributed by atoms with E-state index in [0.717, 1.165) is 5.56 Å². The van der Waals surface area contributed by atoms with Crippen LogP contribution in [0.5, 0.6) is 0 Å². The van der Waals surface area contributed by atoms with Gasteiger partial charge in [-0.15, -0.1) is 5.10 Å². The fourth-order valence-electron chi connectivity index (χ4n) is 2.63. The molecule has 7 nitrogen and oxygen atoms in total. The first-order valence-corrected chi connectivity index (χ1v) is 9.44. The molecule has 9 heteroatoms. The Morgan fingerprint density at radius 1 is 1.29 bits per heavy atom. The topological polar surface area (TPSA) is 88.2 Å². The number of nitrogens with zero attached hydrogens (tertiary/aromatic N) is 4. The molecule has 0 radical (unpaired) electrons. The normalized spacial score (nSPS) is 18.4. The van der Waals surface area contributed by atoms with Crippen molar-refractivity contribution in [3.05, 3.63) is 75.6 Å². The van der Waals surface area contributed by atoms with Crippen molar-refractivity contribution >= 4 is 34.7 Å². The quantitative estimate of drug-likeness (QED) is 0.417. The average molecular weight is 400 g/mol. The third-order valence-corrected chi connectivity index (χ3v) is 5.41. The van der Waals surface area contributed by atoms with Crippen molar-refractivity contribution in [2.75, 3.05) is 0 Å². The van der Waals surface area contributed by atoms with Crippen LogP contribution in [0.1, 0.15) is 24.5 Å². The van der Waals surface area contributed by atoms with Gasteiger partial charge in [0.2, 0.25) is 5.91 Å². The second-order valence-corrected chi connectivity index (χ2v) is 7.21. The summed E-state index contributed by atoms with van der Waals surface area (Å²) in [4.78, 5) is 24.5. The Kier molecular flexibility index (Phi) is 6.15. The monoisotopic (exact) mass is 400 g/mol. The number of rotatable bonds is 6. The highest BCUT2D eigenvalue weighted by Crippen LogP contribution is 2.30. The van der Waals surface area contributed by atoms with E-state index in [1.54, 1.807) is 24.3 Å². The summed E-state index contributed by atoms with van der Waals surface area (Å²) in [7, 11) is 0. The number of non-ortho nitro benzene ring substituents is 1. The highest BCUT2D eigenvalue weighted by molar-refractivity contribution is 8.15. The van der Waals surface area contributed by atoms with Crippen molar-refractivity contribution in [3.63, 3.8) is 0 Å². The van der Waals surface area contributed by atoms with Gasteiger partial charge in [-0.25, -0.2) is 4.39 Å². The van der Waals surface area contributed by atoms with Crippen LogP contribution in [0.25, 0.3) is 0 Å². The molecule has 0 aliphatic carbocycles. The van der Waals surface area contributed by atoms with E-state index in [2.05, 4.69) is 10.2 Å². The minimum atomic E-state index is -0.481. The van der Waals surface area contributed by atoms with Crippen LogP contribution in [0.2, 0.25) is 0 Å². The first kappa shape index (κ1) is 19.7. The average Bonchev–Trinajstić information content (AvgIpc) is 2.99. The first-order valence-electron chi connectivity index (χ1n) is 8.56. The third kappa shape index (κ3) is 4.61. The molecule has 1 aliphatic heterocycles. The third-order valence-electron chi connectivity index (χ3n) is 4.08. The molecule has 0 bridgehead atoms. The molecule has 1 atom stereocenters. The van der Waals surface area contributed by atoms with Crippen molar-refractivity contribution in [3.8, 4) is 0 Å². The van der Waals surface area contributed by atoms with Crippen LogP contribution in [0.3, 0.4) is 0 Å². The number of hydrogen-bond acceptors (Lipinski definition) is 6. The van der Waals surface area contributed by atoms with Gasteiger partial charge in [0.15, 0.2) is 5.17 Å². The number of nitro benzene ring substituents is 1. The maximum Gasteiger partial charge on any atom is 0.270 e. The van der Waals surface area contributed by atoms with Crippen LogP contribution in [-0.2, 0) is 11.3 Å². The number of amides is 1. The van der Waals surface area contributed by atoms with Crippen molar-refractivity contribution in [2.45, 2.75) is 25.1 Å². The standard InChI is InChI=1S/C19H17FN4O3S/c1-2-17-18(25)23(12-13-6-8-15(20)9-7-13)19(28-17)22-21-11-14-4-3-5-16(10-14)24(26)27/h3-11,17H,2,12H2,1H3/b21-11+,22-19-. The molecule has 0 N–H and O–H groups in total. The fraction of sp³-hybridized carbons (Fsp3) is 0.211. The summed E-state index contributed by atoms with van der Waals surface area (Å²) in [6.45, 7) is 2.19. The largest absolute Gasteiger partial charge is 0.284 e. The van der Waals surface area contributed by atoms with Crippen LogP contribution in [0.15, 0.2) is 58.7 Å². The van der Waals surface area contributed by atoms with E-state index in [-0.39, 0.29) is 29.2 Å². The van der Waals surface area contributed by atoms with Crippen LogP contribution in [0.4, 0.5) is 10.1 Å². The zero-order valence-electron chi connectivity index (χ0n) is 15.0. The summed E-state index contributed by atoms with van der Waals surface area (Å²) in [6.07, 6.45) is 2.05. The number of nitro groups is 1. The minimum Gasteiger partial charge on any atom is -0.284 e. The lowest BCUT2D eigenvalue weighted by Gasteiger charge is -2.15. The van der Waals surface area contributed by atoms with Gasteiger partial charge in [0, 0.05) is 17.7 Å². The summed E-state index contributed by atoms with van der Waals surface area (Å²) in [5, 5.41) is 19.2. The van der Waals surface area contributed by atoms with Crippen LogP contribution in [0, 0.1) is 15.9 Å². The first-order chi connectivity index (χ1) is 13.5. The Hall–Kier alpha value is -3.07. The zero-order chi connectivity index (χ0) is 20.1. The lowest BCUT2D eigenvalue weighted by atomic mass is 10.2. The Bertz CT molecular complexity index is 946. The van der Waals surface area contributed by atoms with E-state index in [9.17, 15) is 19.3 Å². The van der Waals surface area contributed by atoms with E-state index < -0.39 is 4.92 Å². The smallest absolute Gasteiger partial charge is 0.270 e. The van der Waals surface area contributed by atoms with Crippen LogP contribution in [-0.4, -0.2) is 32.4 Å². The van der Waals surface area contributed by atoms with E-state index in [4.69, 9.17) is 0 Å². The fourth-order valence-corrected chi connectivity index (χ4v) is 3.65. The molecule has 2 aromatic carbocycles. The van der Waals surface area contributed by atoms with Crippen molar-refractivity contribution in [1.82, 2.24) is 4.90 Å². The predicted octanol–water partition coefficient (Wildman–Crippen LogP) is 3.98. The van der Waals surface area contributed by atoms with Gasteiger partial charge < -0.3 is 0 Å². The molecular formula is C19H17FN4O3S. The Labute approximate surface area is 165 Å². The molecule has 1 amide bonds. The molecule has 2 aromatic rings. The van der Waals surface area contributed by atoms with E-state index >= 15 is 0 Å². The van der Waals surface area contributed by atoms with Gasteiger partial charge >= 0.3 is 0 Å². The summed E-state index contributed by atoms with van der Waals surface area (Å²) >= 11 is 1.32. The number of carbonyl (C=O) groups is 1. The molecular weight excluding hydrogens is 383 g/mol. The number of thioether (sulfide) groups is 1. The highest BCUT2D eigenvalue weighted by Gasteiger charge is 2.36. The maximum absolute atomic E-state index is 13.1. The highest BCUT2D eigenvalue weighted by atomic mass is 32.2. The summed E-state index contributed by atoms with van der Waals surface area (Å²) in [6, 6.07) is 12.0. The van der Waals surface area contributed by atoms with E-state index in [0.29, 0.717) is 17.2 Å². The molecule has 0 spiro atoms. The number of benzene rings is 2. The van der Waals surface area contributed by atoms with Crippen molar-refractivity contribution < 1.29 is 14.1 Å². The summed E-state index contributed by atoms with van der Waals surface area (Å²) in [5.41, 5.74) is 1.28. The lowest BCUT2D eigenvalue weighted by Crippen LogP contribution is -2.31. The number of hydrogen-bond donors (Lipinski definition) is 0. The van der Waals surface area contributed by atoms with Gasteiger partial charge in [0.1, 0.15) is 5.82 Å². The number of amidine groups is 1. The summed E-state index contributed by atoms with van der Waals surface area (Å²) < 4.78 is 13.1. The molecule has 1 fully saturated rings. The SMILES string of the molecule is CCC1S/C(=N\N=C\c2cccc([N+](=O)[O-])c2)N(Cc2ccc(F)cc2)C1=O. The molecule has 3 rings (SSSR count). The molecule has 1 saturated heterocycles. The number of halogens is 1. The Morgan fingerprint density at radius 3 is 2.71 bits per heavy atom. The van der Waals surface area contributed by atoms with Crippen LogP contribution < -0.4 is 0 Å². The molecule has 144 valence electrons. The van der Waals surface area contributed by atoms with Crippen molar-refractivity contribution in [2.24, 2.45) is 10.2 Å². The minimum absolute atomic E-state index is 0.0361. The van der Waals surface area contributed by atoms with Crippen LogP contribution >= 0.6 is 11.8 Å². The Morgan fingerprint density at radius 2 is 2.04 bits per heavy atom. The summed E-state index contributed by atoms with van der Waals surface area (Å²) in [5.74, 6) is -0.408. The molecule has 1 aliphatic rings. The van der Waals surface area contributed by atoms with Gasteiger partial charge in [0.05, 0.1) is 22.9 Å². The van der Waals surface area contributed by atoms with Gasteiger partial charge in [-0.05, 0) is 24.1 Å². The molecule has 1 unspecified atom stereocenters. The molecule has 28 heavy (non-hydrogen) atoms. The predicted molar refractivity (Wildman–Crippen MR) is 107 cm³/mol. The van der Waals surface area contributed by atoms with Crippen molar-refractivity contribution in [1.29, 1.82) is 0 Å². The van der Waals surface area contributed by atoms with E-state index in [1.807, 2.05) is 6.92 Å². The second kappa shape index (κ2) is 8.75. The van der Waals surface area contributed by atoms with Gasteiger partial charge in [-0.1, -0.05) is 43.0 Å². The molecule has 1 heterocycles. The van der Waals surface area contributed by atoms with Gasteiger partial charge in [-0.3, -0.25) is 19.8 Å². The lowest BCUT2D eigenvalue weighted by molar-refractivity contribution is -0.384. The molecule has 0 saturated carbocycles.